The molecule has 0 aliphatic carbocycles. The normalized spacial score (nSPS) is 9.86. The fraction of sp³-hybridized carbons (Fsp3) is 0.900. The Morgan fingerprint density at radius 1 is 1.29 bits per heavy atom. The van der Waals surface area contributed by atoms with Crippen molar-refractivity contribution in [2.45, 2.75) is 39.0 Å². The summed E-state index contributed by atoms with van der Waals surface area (Å²) >= 11 is 5.53. The minimum Gasteiger partial charge on any atom is -0.450 e. The monoisotopic (exact) mass is 221 g/mol. The molecule has 3 nitrogen and oxygen atoms in total. The van der Waals surface area contributed by atoms with Gasteiger partial charge in [-0.3, -0.25) is 0 Å². The zero-order chi connectivity index (χ0) is 10.6. The Balaban J connectivity index is 3.07. The van der Waals surface area contributed by atoms with E-state index in [0.29, 0.717) is 13.2 Å². The highest BCUT2D eigenvalue weighted by Gasteiger charge is 1.98. The van der Waals surface area contributed by atoms with Crippen LogP contribution in [0.2, 0.25) is 0 Å². The minimum absolute atomic E-state index is 0.302. The van der Waals surface area contributed by atoms with Gasteiger partial charge in [0.15, 0.2) is 0 Å². The highest BCUT2D eigenvalue weighted by molar-refractivity contribution is 6.17. The molecular weight excluding hydrogens is 202 g/mol. The number of rotatable bonds is 8. The second kappa shape index (κ2) is 10.6. The lowest BCUT2D eigenvalue weighted by Gasteiger charge is -2.05. The molecule has 0 saturated heterocycles. The van der Waals surface area contributed by atoms with E-state index < -0.39 is 0 Å². The molecule has 0 bridgehead atoms. The number of halogens is 1. The molecule has 0 spiro atoms. The average molecular weight is 222 g/mol. The fourth-order valence-corrected chi connectivity index (χ4v) is 1.18. The van der Waals surface area contributed by atoms with E-state index in [-0.39, 0.29) is 6.09 Å². The summed E-state index contributed by atoms with van der Waals surface area (Å²) in [4.78, 5) is 10.9. The largest absolute Gasteiger partial charge is 0.450 e. The number of unbranched alkanes of at least 4 members (excludes halogenated alkanes) is 3. The molecule has 0 rings (SSSR count). The van der Waals surface area contributed by atoms with Gasteiger partial charge in [-0.05, 0) is 19.3 Å². The maximum absolute atomic E-state index is 10.9. The van der Waals surface area contributed by atoms with Gasteiger partial charge in [0.1, 0.15) is 0 Å². The number of ether oxygens (including phenoxy) is 1. The van der Waals surface area contributed by atoms with E-state index in [2.05, 4.69) is 5.32 Å². The van der Waals surface area contributed by atoms with E-state index in [9.17, 15) is 4.79 Å². The van der Waals surface area contributed by atoms with E-state index in [0.717, 1.165) is 38.0 Å². The predicted molar refractivity (Wildman–Crippen MR) is 58.8 cm³/mol. The molecule has 0 atom stereocenters. The summed E-state index contributed by atoms with van der Waals surface area (Å²) in [5, 5.41) is 2.65. The van der Waals surface area contributed by atoms with Crippen molar-refractivity contribution < 1.29 is 9.53 Å². The van der Waals surface area contributed by atoms with Crippen LogP contribution in [0.3, 0.4) is 0 Å². The second-order valence-corrected chi connectivity index (χ2v) is 3.54. The van der Waals surface area contributed by atoms with Gasteiger partial charge in [-0.25, -0.2) is 4.79 Å². The van der Waals surface area contributed by atoms with Crippen molar-refractivity contribution in [3.8, 4) is 0 Å². The topological polar surface area (TPSA) is 38.3 Å². The number of carbonyl (C=O) groups is 1. The van der Waals surface area contributed by atoms with Crippen LogP contribution in [0.5, 0.6) is 0 Å². The molecular formula is C10H20ClNO2. The van der Waals surface area contributed by atoms with Crippen LogP contribution in [-0.4, -0.2) is 25.1 Å². The Kier molecular flexibility index (Phi) is 10.3. The van der Waals surface area contributed by atoms with Gasteiger partial charge in [0.05, 0.1) is 6.61 Å². The fourth-order valence-electron chi connectivity index (χ4n) is 0.993. The molecule has 0 saturated carbocycles. The molecule has 0 aliphatic heterocycles. The molecule has 1 N–H and O–H groups in total. The SMILES string of the molecule is CCCNC(=O)OCCCCCCCl. The van der Waals surface area contributed by atoms with Crippen molar-refractivity contribution in [3.63, 3.8) is 0 Å². The van der Waals surface area contributed by atoms with Crippen LogP contribution >= 0.6 is 11.6 Å². The van der Waals surface area contributed by atoms with Crippen molar-refractivity contribution in [2.75, 3.05) is 19.0 Å². The lowest BCUT2D eigenvalue weighted by Crippen LogP contribution is -2.25. The Bertz CT molecular complexity index is 142. The number of hydrogen-bond acceptors (Lipinski definition) is 2. The van der Waals surface area contributed by atoms with Gasteiger partial charge in [-0.1, -0.05) is 19.8 Å². The van der Waals surface area contributed by atoms with Gasteiger partial charge >= 0.3 is 6.09 Å². The van der Waals surface area contributed by atoms with Gasteiger partial charge in [0.25, 0.3) is 0 Å². The van der Waals surface area contributed by atoms with E-state index in [1.165, 1.54) is 0 Å². The first-order chi connectivity index (χ1) is 6.81. The van der Waals surface area contributed by atoms with E-state index in [4.69, 9.17) is 16.3 Å². The standard InChI is InChI=1S/C10H20ClNO2/c1-2-8-12-10(13)14-9-6-4-3-5-7-11/h2-9H2,1H3,(H,12,13). The average Bonchev–Trinajstić information content (AvgIpc) is 2.20. The number of nitrogens with one attached hydrogen (secondary N) is 1. The second-order valence-electron chi connectivity index (χ2n) is 3.17. The van der Waals surface area contributed by atoms with Crippen molar-refractivity contribution in [1.82, 2.24) is 5.32 Å². The van der Waals surface area contributed by atoms with Crippen LogP contribution in [-0.2, 0) is 4.74 Å². The van der Waals surface area contributed by atoms with Gasteiger partial charge in [0.2, 0.25) is 0 Å². The molecule has 0 aliphatic rings. The summed E-state index contributed by atoms with van der Waals surface area (Å²) < 4.78 is 4.94. The first-order valence-electron chi connectivity index (χ1n) is 5.27. The van der Waals surface area contributed by atoms with Gasteiger partial charge < -0.3 is 10.1 Å². The van der Waals surface area contributed by atoms with Crippen molar-refractivity contribution in [2.24, 2.45) is 0 Å². The van der Waals surface area contributed by atoms with Crippen LogP contribution < -0.4 is 5.32 Å². The van der Waals surface area contributed by atoms with Crippen molar-refractivity contribution in [1.29, 1.82) is 0 Å². The van der Waals surface area contributed by atoms with Crippen LogP contribution in [0.15, 0.2) is 0 Å². The number of amides is 1. The maximum atomic E-state index is 10.9. The molecule has 0 aromatic carbocycles. The molecule has 0 fully saturated rings. The van der Waals surface area contributed by atoms with Crippen molar-refractivity contribution in [3.05, 3.63) is 0 Å². The maximum Gasteiger partial charge on any atom is 0.407 e. The van der Waals surface area contributed by atoms with Crippen LogP contribution in [0.4, 0.5) is 4.79 Å². The minimum atomic E-state index is -0.302. The molecule has 14 heavy (non-hydrogen) atoms. The van der Waals surface area contributed by atoms with Crippen LogP contribution in [0.25, 0.3) is 0 Å². The van der Waals surface area contributed by atoms with Gasteiger partial charge in [0, 0.05) is 12.4 Å². The third-order valence-corrected chi connectivity index (χ3v) is 2.05. The Morgan fingerprint density at radius 2 is 2.00 bits per heavy atom. The highest BCUT2D eigenvalue weighted by Crippen LogP contribution is 2.01. The lowest BCUT2D eigenvalue weighted by molar-refractivity contribution is 0.144. The number of hydrogen-bond donors (Lipinski definition) is 1. The van der Waals surface area contributed by atoms with Gasteiger partial charge in [-0.15, -0.1) is 11.6 Å². The first kappa shape index (κ1) is 13.6. The third kappa shape index (κ3) is 9.65. The summed E-state index contributed by atoms with van der Waals surface area (Å²) in [6.45, 7) is 3.20. The van der Waals surface area contributed by atoms with Crippen LogP contribution in [0.1, 0.15) is 39.0 Å². The molecule has 4 heteroatoms. The van der Waals surface area contributed by atoms with E-state index in [1.807, 2.05) is 6.92 Å². The quantitative estimate of drug-likeness (QED) is 0.506. The summed E-state index contributed by atoms with van der Waals surface area (Å²) in [6, 6.07) is 0. The molecule has 0 aromatic heterocycles. The summed E-state index contributed by atoms with van der Waals surface area (Å²) in [5.41, 5.74) is 0. The molecule has 0 radical (unpaired) electrons. The smallest absolute Gasteiger partial charge is 0.407 e. The van der Waals surface area contributed by atoms with E-state index in [1.54, 1.807) is 0 Å². The molecule has 84 valence electrons. The predicted octanol–water partition coefficient (Wildman–Crippen LogP) is 2.92. The highest BCUT2D eigenvalue weighted by atomic mass is 35.5. The number of carbonyl (C=O) groups excluding carboxylic acids is 1. The van der Waals surface area contributed by atoms with Crippen molar-refractivity contribution >= 4 is 17.7 Å². The molecule has 0 heterocycles. The summed E-state index contributed by atoms with van der Waals surface area (Å²) in [7, 11) is 0. The lowest BCUT2D eigenvalue weighted by atomic mass is 10.2. The number of alkyl carbamates (subject to hydrolysis) is 1. The molecule has 0 unspecified atom stereocenters. The van der Waals surface area contributed by atoms with Crippen LogP contribution in [0, 0.1) is 0 Å². The Hall–Kier alpha value is -0.440. The summed E-state index contributed by atoms with van der Waals surface area (Å²) in [6.07, 6.45) is 4.80. The third-order valence-electron chi connectivity index (χ3n) is 1.78. The Morgan fingerprint density at radius 3 is 2.64 bits per heavy atom. The molecule has 0 aromatic rings. The summed E-state index contributed by atoms with van der Waals surface area (Å²) in [5.74, 6) is 0.720. The number of alkyl halides is 1. The van der Waals surface area contributed by atoms with E-state index >= 15 is 0 Å². The van der Waals surface area contributed by atoms with Gasteiger partial charge in [-0.2, -0.15) is 0 Å². The zero-order valence-electron chi connectivity index (χ0n) is 8.85. The molecule has 1 amide bonds. The zero-order valence-corrected chi connectivity index (χ0v) is 9.61. The first-order valence-corrected chi connectivity index (χ1v) is 5.81. The Labute approximate surface area is 91.2 Å².